The molecule has 2 heterocycles. The van der Waals surface area contributed by atoms with Gasteiger partial charge in [0.25, 0.3) is 0 Å². The van der Waals surface area contributed by atoms with Crippen molar-refractivity contribution in [3.8, 4) is 0 Å². The molecule has 6 nitrogen and oxygen atoms in total. The van der Waals surface area contributed by atoms with E-state index in [0.717, 1.165) is 0 Å². The van der Waals surface area contributed by atoms with Crippen LogP contribution in [0.25, 0.3) is 0 Å². The second-order valence-corrected chi connectivity index (χ2v) is 5.77. The van der Waals surface area contributed by atoms with E-state index in [1.165, 1.54) is 0 Å². The average Bonchev–Trinajstić information content (AvgIpc) is 2.71. The Hall–Kier alpha value is -1.30. The lowest BCUT2D eigenvalue weighted by Gasteiger charge is -2.27. The highest BCUT2D eigenvalue weighted by molar-refractivity contribution is 5.74. The van der Waals surface area contributed by atoms with Crippen molar-refractivity contribution in [3.05, 3.63) is 0 Å². The minimum Gasteiger partial charge on any atom is -0.479 e. The number of rotatable bonds is 1. The maximum absolute atomic E-state index is 12.0. The number of carboxylic acid groups (broad SMARTS) is 1. The van der Waals surface area contributed by atoms with E-state index in [1.54, 1.807) is 4.90 Å². The second-order valence-electron chi connectivity index (χ2n) is 5.77. The standard InChI is InChI=1S/C12H19NO5/c1-12(2,3)18-11(16)13-5-4-8-7(13)6-9(17-8)10(14)15/h7-9H,4-6H2,1-3H3,(H,14,15)/t7-,8-,9-/m1/s1. The summed E-state index contributed by atoms with van der Waals surface area (Å²) in [5, 5.41) is 8.92. The van der Waals surface area contributed by atoms with Gasteiger partial charge in [-0.15, -0.1) is 0 Å². The van der Waals surface area contributed by atoms with Crippen LogP contribution >= 0.6 is 0 Å². The summed E-state index contributed by atoms with van der Waals surface area (Å²) in [4.78, 5) is 24.5. The highest BCUT2D eigenvalue weighted by Crippen LogP contribution is 2.33. The maximum atomic E-state index is 12.0. The fourth-order valence-electron chi connectivity index (χ4n) is 2.46. The first-order chi connectivity index (χ1) is 8.28. The number of carbonyl (C=O) groups is 2. The van der Waals surface area contributed by atoms with Crippen LogP contribution in [0, 0.1) is 0 Å². The van der Waals surface area contributed by atoms with Gasteiger partial charge >= 0.3 is 12.1 Å². The predicted molar refractivity (Wildman–Crippen MR) is 62.3 cm³/mol. The van der Waals surface area contributed by atoms with Crippen molar-refractivity contribution in [1.82, 2.24) is 4.90 Å². The molecule has 0 aromatic carbocycles. The van der Waals surface area contributed by atoms with Gasteiger partial charge in [0.05, 0.1) is 12.1 Å². The topological polar surface area (TPSA) is 76.1 Å². The van der Waals surface area contributed by atoms with Gasteiger partial charge in [0, 0.05) is 13.0 Å². The van der Waals surface area contributed by atoms with Gasteiger partial charge in [-0.05, 0) is 27.2 Å². The molecule has 1 amide bonds. The lowest BCUT2D eigenvalue weighted by Crippen LogP contribution is -2.41. The van der Waals surface area contributed by atoms with Crippen molar-refractivity contribution >= 4 is 12.1 Å². The number of fused-ring (bicyclic) bond motifs is 1. The van der Waals surface area contributed by atoms with Crippen LogP contribution in [0.1, 0.15) is 33.6 Å². The Morgan fingerprint density at radius 3 is 2.61 bits per heavy atom. The van der Waals surface area contributed by atoms with Crippen molar-refractivity contribution in [2.24, 2.45) is 0 Å². The zero-order chi connectivity index (χ0) is 13.5. The fraction of sp³-hybridized carbons (Fsp3) is 0.833. The smallest absolute Gasteiger partial charge is 0.410 e. The summed E-state index contributed by atoms with van der Waals surface area (Å²) in [6.45, 7) is 5.99. The number of carbonyl (C=O) groups excluding carboxylic acids is 1. The van der Waals surface area contributed by atoms with Gasteiger partial charge in [0.1, 0.15) is 5.60 Å². The minimum atomic E-state index is -0.964. The Kier molecular flexibility index (Phi) is 3.23. The van der Waals surface area contributed by atoms with Crippen LogP contribution in [0.15, 0.2) is 0 Å². The summed E-state index contributed by atoms with van der Waals surface area (Å²) in [5.41, 5.74) is -0.541. The molecule has 3 atom stereocenters. The van der Waals surface area contributed by atoms with Crippen molar-refractivity contribution in [3.63, 3.8) is 0 Å². The molecule has 18 heavy (non-hydrogen) atoms. The Bertz CT molecular complexity index is 362. The Labute approximate surface area is 106 Å². The number of nitrogens with zero attached hydrogens (tertiary/aromatic N) is 1. The van der Waals surface area contributed by atoms with Gasteiger partial charge in [0.2, 0.25) is 0 Å². The normalized spacial score (nSPS) is 31.3. The number of aliphatic carboxylic acids is 1. The van der Waals surface area contributed by atoms with Crippen LogP contribution in [-0.4, -0.2) is 52.5 Å². The van der Waals surface area contributed by atoms with Gasteiger partial charge in [-0.3, -0.25) is 0 Å². The quantitative estimate of drug-likeness (QED) is 0.764. The molecule has 0 bridgehead atoms. The van der Waals surface area contributed by atoms with Crippen LogP contribution in [0.5, 0.6) is 0 Å². The minimum absolute atomic E-state index is 0.166. The summed E-state index contributed by atoms with van der Waals surface area (Å²) in [5.74, 6) is -0.964. The monoisotopic (exact) mass is 257 g/mol. The molecule has 6 heteroatoms. The molecule has 2 rings (SSSR count). The van der Waals surface area contributed by atoms with Gasteiger partial charge in [-0.25, -0.2) is 9.59 Å². The molecule has 0 aromatic heterocycles. The van der Waals surface area contributed by atoms with E-state index >= 15 is 0 Å². The number of hydrogen-bond acceptors (Lipinski definition) is 4. The maximum Gasteiger partial charge on any atom is 0.410 e. The van der Waals surface area contributed by atoms with Crippen molar-refractivity contribution in [2.75, 3.05) is 6.54 Å². The molecule has 2 saturated heterocycles. The third kappa shape index (κ3) is 2.58. The van der Waals surface area contributed by atoms with Crippen LogP contribution in [0.4, 0.5) is 4.79 Å². The van der Waals surface area contributed by atoms with Crippen molar-refractivity contribution in [2.45, 2.75) is 57.5 Å². The summed E-state index contributed by atoms with van der Waals surface area (Å²) in [7, 11) is 0. The molecule has 2 aliphatic heterocycles. The van der Waals surface area contributed by atoms with E-state index in [-0.39, 0.29) is 18.2 Å². The summed E-state index contributed by atoms with van der Waals surface area (Å²) >= 11 is 0. The number of amides is 1. The predicted octanol–water partition coefficient (Wildman–Crippen LogP) is 1.24. The molecule has 2 fully saturated rings. The van der Waals surface area contributed by atoms with Gasteiger partial charge in [-0.2, -0.15) is 0 Å². The molecule has 0 spiro atoms. The first-order valence-corrected chi connectivity index (χ1v) is 6.16. The van der Waals surface area contributed by atoms with Gasteiger partial charge in [-0.1, -0.05) is 0 Å². The van der Waals surface area contributed by atoms with E-state index < -0.39 is 17.7 Å². The lowest BCUT2D eigenvalue weighted by molar-refractivity contribution is -0.149. The van der Waals surface area contributed by atoms with Crippen LogP contribution in [-0.2, 0) is 14.3 Å². The van der Waals surface area contributed by atoms with E-state index in [0.29, 0.717) is 19.4 Å². The summed E-state index contributed by atoms with van der Waals surface area (Å²) in [6.07, 6.45) is -0.332. The molecule has 0 aromatic rings. The molecule has 0 aliphatic carbocycles. The number of hydrogen-bond donors (Lipinski definition) is 1. The molecule has 2 aliphatic rings. The van der Waals surface area contributed by atoms with Gasteiger partial charge < -0.3 is 19.5 Å². The van der Waals surface area contributed by atoms with E-state index in [4.69, 9.17) is 14.6 Å². The zero-order valence-corrected chi connectivity index (χ0v) is 10.9. The molecule has 0 saturated carbocycles. The first-order valence-electron chi connectivity index (χ1n) is 6.16. The zero-order valence-electron chi connectivity index (χ0n) is 10.9. The van der Waals surface area contributed by atoms with Gasteiger partial charge in [0.15, 0.2) is 6.10 Å². The largest absolute Gasteiger partial charge is 0.479 e. The molecule has 102 valence electrons. The second kappa shape index (κ2) is 4.42. The molecule has 0 radical (unpaired) electrons. The number of likely N-dealkylation sites (tertiary alicyclic amines) is 1. The van der Waals surface area contributed by atoms with E-state index in [9.17, 15) is 9.59 Å². The molecule has 0 unspecified atom stereocenters. The van der Waals surface area contributed by atoms with E-state index in [2.05, 4.69) is 0 Å². The Morgan fingerprint density at radius 1 is 1.39 bits per heavy atom. The van der Waals surface area contributed by atoms with Crippen molar-refractivity contribution < 1.29 is 24.2 Å². The summed E-state index contributed by atoms with van der Waals surface area (Å²) < 4.78 is 10.7. The average molecular weight is 257 g/mol. The molecular weight excluding hydrogens is 238 g/mol. The highest BCUT2D eigenvalue weighted by Gasteiger charge is 2.48. The van der Waals surface area contributed by atoms with Crippen molar-refractivity contribution in [1.29, 1.82) is 0 Å². The molecular formula is C12H19NO5. The number of carboxylic acids is 1. The Balaban J connectivity index is 2.00. The first kappa shape index (κ1) is 13.1. The van der Waals surface area contributed by atoms with Crippen LogP contribution < -0.4 is 0 Å². The SMILES string of the molecule is CC(C)(C)OC(=O)N1CC[C@H]2O[C@@H](C(=O)O)C[C@H]21. The third-order valence-corrected chi connectivity index (χ3v) is 3.18. The number of ether oxygens (including phenoxy) is 2. The van der Waals surface area contributed by atoms with Crippen LogP contribution in [0.3, 0.4) is 0 Å². The van der Waals surface area contributed by atoms with E-state index in [1.807, 2.05) is 20.8 Å². The lowest BCUT2D eigenvalue weighted by atomic mass is 10.1. The van der Waals surface area contributed by atoms with Crippen LogP contribution in [0.2, 0.25) is 0 Å². The third-order valence-electron chi connectivity index (χ3n) is 3.18. The summed E-state index contributed by atoms with van der Waals surface area (Å²) in [6, 6.07) is -0.166. The highest BCUT2D eigenvalue weighted by atomic mass is 16.6. The Morgan fingerprint density at radius 2 is 2.06 bits per heavy atom. The fourth-order valence-corrected chi connectivity index (χ4v) is 2.46. The molecule has 1 N–H and O–H groups in total.